The van der Waals surface area contributed by atoms with Crippen LogP contribution >= 0.6 is 11.8 Å². The van der Waals surface area contributed by atoms with Gasteiger partial charge in [-0.2, -0.15) is 0 Å². The summed E-state index contributed by atoms with van der Waals surface area (Å²) in [5.74, 6) is 0.708. The van der Waals surface area contributed by atoms with Crippen molar-refractivity contribution in [3.8, 4) is 0 Å². The summed E-state index contributed by atoms with van der Waals surface area (Å²) in [6.07, 6.45) is 1.79. The molecular weight excluding hydrogens is 160 g/mol. The molecule has 1 heterocycles. The quantitative estimate of drug-likeness (QED) is 0.662. The summed E-state index contributed by atoms with van der Waals surface area (Å²) in [5.41, 5.74) is 0. The molecule has 3 nitrogen and oxygen atoms in total. The first-order valence-electron chi connectivity index (χ1n) is 3.64. The van der Waals surface area contributed by atoms with Gasteiger partial charge in [0.15, 0.2) is 0 Å². The molecule has 1 rings (SSSR count). The van der Waals surface area contributed by atoms with Gasteiger partial charge in [0.1, 0.15) is 5.04 Å². The predicted octanol–water partition coefficient (Wildman–Crippen LogP) is 0.583. The van der Waals surface area contributed by atoms with Gasteiger partial charge in [0.05, 0.1) is 25.4 Å². The molecule has 1 aliphatic heterocycles. The van der Waals surface area contributed by atoms with Crippen molar-refractivity contribution in [1.29, 1.82) is 0 Å². The highest BCUT2D eigenvalue weighted by molar-refractivity contribution is 8.15. The van der Waals surface area contributed by atoms with E-state index in [-0.39, 0.29) is 6.61 Å². The van der Waals surface area contributed by atoms with Crippen LogP contribution in [0.3, 0.4) is 0 Å². The van der Waals surface area contributed by atoms with Gasteiger partial charge in [0, 0.05) is 5.75 Å². The smallest absolute Gasteiger partial charge is 0.108 e. The van der Waals surface area contributed by atoms with E-state index in [1.54, 1.807) is 18.0 Å². The number of thioether (sulfide) groups is 1. The van der Waals surface area contributed by atoms with E-state index in [1.165, 1.54) is 0 Å². The average molecular weight is 172 g/mol. The summed E-state index contributed by atoms with van der Waals surface area (Å²) in [6, 6.07) is 0.327. The van der Waals surface area contributed by atoms with Gasteiger partial charge in [-0.05, 0) is 6.92 Å². The molecule has 0 amide bonds. The van der Waals surface area contributed by atoms with Crippen LogP contribution in [0.1, 0.15) is 6.92 Å². The minimum atomic E-state index is 0.201. The molecule has 1 N–H and O–H groups in total. The van der Waals surface area contributed by atoms with Crippen molar-refractivity contribution >= 4 is 23.0 Å². The van der Waals surface area contributed by atoms with Crippen LogP contribution in [0.15, 0.2) is 9.98 Å². The number of aliphatic imine (C=N–C) groups is 2. The fourth-order valence-corrected chi connectivity index (χ4v) is 1.34. The van der Waals surface area contributed by atoms with E-state index in [1.807, 2.05) is 6.92 Å². The Morgan fingerprint density at radius 3 is 3.18 bits per heavy atom. The molecule has 0 aromatic rings. The third-order valence-electron chi connectivity index (χ3n) is 1.29. The number of aliphatic hydroxyl groups excluding tert-OH is 1. The van der Waals surface area contributed by atoms with E-state index >= 15 is 0 Å². The summed E-state index contributed by atoms with van der Waals surface area (Å²) in [6.45, 7) is 3.02. The third kappa shape index (κ3) is 3.03. The van der Waals surface area contributed by atoms with E-state index in [0.29, 0.717) is 11.8 Å². The van der Waals surface area contributed by atoms with Crippen molar-refractivity contribution in [1.82, 2.24) is 0 Å². The summed E-state index contributed by atoms with van der Waals surface area (Å²) in [7, 11) is 0. The number of rotatable bonds is 2. The van der Waals surface area contributed by atoms with Crippen molar-refractivity contribution in [2.24, 2.45) is 9.98 Å². The largest absolute Gasteiger partial charge is 0.396 e. The highest BCUT2D eigenvalue weighted by Crippen LogP contribution is 2.06. The standard InChI is InChI=1S/C7H12N2OS/c1-6-4-9-7(5-8-6)11-3-2-10/h5-6,10H,2-4H2,1H3. The van der Waals surface area contributed by atoms with Crippen molar-refractivity contribution in [2.45, 2.75) is 13.0 Å². The summed E-state index contributed by atoms with van der Waals surface area (Å²) >= 11 is 1.55. The molecule has 0 bridgehead atoms. The summed E-state index contributed by atoms with van der Waals surface area (Å²) in [5, 5.41) is 9.47. The summed E-state index contributed by atoms with van der Waals surface area (Å²) in [4.78, 5) is 8.47. The van der Waals surface area contributed by atoms with Crippen LogP contribution in [-0.4, -0.2) is 41.3 Å². The zero-order valence-corrected chi connectivity index (χ0v) is 7.34. The lowest BCUT2D eigenvalue weighted by atomic mass is 10.3. The minimum Gasteiger partial charge on any atom is -0.396 e. The Balaban J connectivity index is 2.31. The highest BCUT2D eigenvalue weighted by Gasteiger charge is 2.04. The van der Waals surface area contributed by atoms with Crippen molar-refractivity contribution < 1.29 is 5.11 Å². The molecule has 0 spiro atoms. The number of aliphatic hydroxyl groups is 1. The molecular formula is C7H12N2OS. The molecule has 0 aromatic carbocycles. The van der Waals surface area contributed by atoms with Gasteiger partial charge in [-0.1, -0.05) is 0 Å². The lowest BCUT2D eigenvalue weighted by Gasteiger charge is -2.09. The molecule has 0 aliphatic carbocycles. The average Bonchev–Trinajstić information content (AvgIpc) is 2.04. The summed E-state index contributed by atoms with van der Waals surface area (Å²) < 4.78 is 0. The highest BCUT2D eigenvalue weighted by atomic mass is 32.2. The molecule has 62 valence electrons. The number of hydrogen-bond acceptors (Lipinski definition) is 4. The lowest BCUT2D eigenvalue weighted by molar-refractivity contribution is 0.323. The van der Waals surface area contributed by atoms with Gasteiger partial charge >= 0.3 is 0 Å². The number of hydrogen-bond donors (Lipinski definition) is 1. The van der Waals surface area contributed by atoms with Crippen LogP contribution < -0.4 is 0 Å². The third-order valence-corrected chi connectivity index (χ3v) is 2.21. The van der Waals surface area contributed by atoms with E-state index in [4.69, 9.17) is 5.11 Å². The van der Waals surface area contributed by atoms with Gasteiger partial charge in [-0.3, -0.25) is 9.98 Å². The van der Waals surface area contributed by atoms with Crippen molar-refractivity contribution in [3.05, 3.63) is 0 Å². The fraction of sp³-hybridized carbons (Fsp3) is 0.714. The molecule has 0 aromatic heterocycles. The molecule has 1 unspecified atom stereocenters. The first-order chi connectivity index (χ1) is 5.33. The predicted molar refractivity (Wildman–Crippen MR) is 49.8 cm³/mol. The molecule has 4 heteroatoms. The second kappa shape index (κ2) is 4.51. The lowest BCUT2D eigenvalue weighted by Crippen LogP contribution is -2.13. The van der Waals surface area contributed by atoms with Crippen molar-refractivity contribution in [2.75, 3.05) is 18.9 Å². The maximum Gasteiger partial charge on any atom is 0.108 e. The van der Waals surface area contributed by atoms with Crippen LogP contribution in [0, 0.1) is 0 Å². The maximum absolute atomic E-state index is 8.53. The fourth-order valence-electron chi connectivity index (χ4n) is 0.734. The monoisotopic (exact) mass is 172 g/mol. The van der Waals surface area contributed by atoms with E-state index < -0.39 is 0 Å². The van der Waals surface area contributed by atoms with Crippen LogP contribution in [0.2, 0.25) is 0 Å². The molecule has 0 saturated heterocycles. The molecule has 0 fully saturated rings. The molecule has 1 atom stereocenters. The Kier molecular flexibility index (Phi) is 3.59. The SMILES string of the molecule is CC1CN=C(SCCO)C=N1. The second-order valence-corrected chi connectivity index (χ2v) is 3.49. The number of nitrogens with zero attached hydrogens (tertiary/aromatic N) is 2. The zero-order chi connectivity index (χ0) is 8.10. The Hall–Kier alpha value is -0.350. The molecule has 0 radical (unpaired) electrons. The van der Waals surface area contributed by atoms with E-state index in [0.717, 1.165) is 11.6 Å². The first kappa shape index (κ1) is 8.74. The Morgan fingerprint density at radius 1 is 1.82 bits per heavy atom. The Labute approximate surface area is 70.6 Å². The van der Waals surface area contributed by atoms with Crippen LogP contribution in [0.25, 0.3) is 0 Å². The topological polar surface area (TPSA) is 45.0 Å². The first-order valence-corrected chi connectivity index (χ1v) is 4.63. The van der Waals surface area contributed by atoms with Gasteiger partial charge < -0.3 is 5.11 Å². The molecule has 11 heavy (non-hydrogen) atoms. The second-order valence-electron chi connectivity index (χ2n) is 2.38. The van der Waals surface area contributed by atoms with E-state index in [9.17, 15) is 0 Å². The van der Waals surface area contributed by atoms with Crippen LogP contribution in [-0.2, 0) is 0 Å². The van der Waals surface area contributed by atoms with Gasteiger partial charge in [-0.15, -0.1) is 11.8 Å². The van der Waals surface area contributed by atoms with Gasteiger partial charge in [0.25, 0.3) is 0 Å². The normalized spacial score (nSPS) is 23.5. The van der Waals surface area contributed by atoms with Gasteiger partial charge in [-0.25, -0.2) is 0 Å². The minimum absolute atomic E-state index is 0.201. The van der Waals surface area contributed by atoms with Crippen LogP contribution in [0.4, 0.5) is 0 Å². The maximum atomic E-state index is 8.53. The van der Waals surface area contributed by atoms with Crippen molar-refractivity contribution in [3.63, 3.8) is 0 Å². The van der Waals surface area contributed by atoms with E-state index in [2.05, 4.69) is 9.98 Å². The molecule has 1 aliphatic rings. The van der Waals surface area contributed by atoms with Gasteiger partial charge in [0.2, 0.25) is 0 Å². The molecule has 0 saturated carbocycles. The Bertz CT molecular complexity index is 179. The Morgan fingerprint density at radius 2 is 2.64 bits per heavy atom. The van der Waals surface area contributed by atoms with Crippen LogP contribution in [0.5, 0.6) is 0 Å². The zero-order valence-electron chi connectivity index (χ0n) is 6.53.